The molecule has 1 aliphatic heterocycles. The van der Waals surface area contributed by atoms with Crippen molar-refractivity contribution >= 4 is 23.3 Å². The second-order valence-electron chi connectivity index (χ2n) is 8.67. The summed E-state index contributed by atoms with van der Waals surface area (Å²) in [6.45, 7) is 3.61. The van der Waals surface area contributed by atoms with Crippen LogP contribution in [0.25, 0.3) is 0 Å². The Labute approximate surface area is 210 Å². The van der Waals surface area contributed by atoms with Gasteiger partial charge in [-0.2, -0.15) is 0 Å². The van der Waals surface area contributed by atoms with Crippen LogP contribution in [0.1, 0.15) is 33.0 Å². The van der Waals surface area contributed by atoms with Gasteiger partial charge in [-0.15, -0.1) is 0 Å². The van der Waals surface area contributed by atoms with Crippen LogP contribution in [0.15, 0.2) is 84.9 Å². The molecule has 0 spiro atoms. The maximum atomic E-state index is 13.8. The topological polar surface area (TPSA) is 62.2 Å². The zero-order valence-corrected chi connectivity index (χ0v) is 20.2. The fourth-order valence-corrected chi connectivity index (χ4v) is 4.60. The van der Waals surface area contributed by atoms with Gasteiger partial charge in [0.2, 0.25) is 0 Å². The zero-order chi connectivity index (χ0) is 24.0. The molecule has 0 saturated heterocycles. The Morgan fingerprint density at radius 3 is 2.26 bits per heavy atom. The maximum absolute atomic E-state index is 13.8. The number of fused-ring (bicyclic) bond motifs is 1. The molecule has 0 fully saturated rings. The SMILES string of the molecule is O=C1c2c(nc(CNCc3cccc(Cl)c3)n2Cc2ccccc2)NCCN1Cc1ccccc1. The maximum Gasteiger partial charge on any atom is 0.274 e. The fraction of sp³-hybridized carbons (Fsp3) is 0.214. The summed E-state index contributed by atoms with van der Waals surface area (Å²) >= 11 is 6.13. The van der Waals surface area contributed by atoms with E-state index in [2.05, 4.69) is 34.9 Å². The Bertz CT molecular complexity index is 1290. The van der Waals surface area contributed by atoms with Gasteiger partial charge in [-0.25, -0.2) is 4.98 Å². The second-order valence-corrected chi connectivity index (χ2v) is 9.11. The minimum Gasteiger partial charge on any atom is -0.366 e. The Morgan fingerprint density at radius 2 is 1.54 bits per heavy atom. The lowest BCUT2D eigenvalue weighted by molar-refractivity contribution is 0.0745. The lowest BCUT2D eigenvalue weighted by Gasteiger charge is -2.22. The Morgan fingerprint density at radius 1 is 0.857 bits per heavy atom. The number of carbonyl (C=O) groups excluding carboxylic acids is 1. The molecule has 3 aromatic carbocycles. The van der Waals surface area contributed by atoms with E-state index in [1.807, 2.05) is 70.1 Å². The first-order valence-electron chi connectivity index (χ1n) is 11.8. The van der Waals surface area contributed by atoms with Crippen LogP contribution in [0.4, 0.5) is 5.82 Å². The van der Waals surface area contributed by atoms with Gasteiger partial charge in [-0.05, 0) is 28.8 Å². The highest BCUT2D eigenvalue weighted by atomic mass is 35.5. The van der Waals surface area contributed by atoms with Crippen LogP contribution in [0.2, 0.25) is 5.02 Å². The number of amides is 1. The first kappa shape index (κ1) is 23.1. The molecule has 1 aliphatic rings. The van der Waals surface area contributed by atoms with Crippen molar-refractivity contribution in [2.24, 2.45) is 0 Å². The van der Waals surface area contributed by atoms with Crippen molar-refractivity contribution in [2.45, 2.75) is 26.2 Å². The standard InChI is InChI=1S/C28H28ClN5O/c29-24-13-7-12-23(16-24)17-30-18-25-32-27-26(34(25)20-22-10-5-2-6-11-22)28(35)33(15-14-31-27)19-21-8-3-1-4-9-21/h1-13,16,30-31H,14-15,17-20H2. The molecule has 2 N–H and O–H groups in total. The summed E-state index contributed by atoms with van der Waals surface area (Å²) in [6.07, 6.45) is 0. The summed E-state index contributed by atoms with van der Waals surface area (Å²) < 4.78 is 2.05. The van der Waals surface area contributed by atoms with E-state index >= 15 is 0 Å². The van der Waals surface area contributed by atoms with Crippen LogP contribution in [-0.4, -0.2) is 33.4 Å². The van der Waals surface area contributed by atoms with Crippen molar-refractivity contribution in [3.8, 4) is 0 Å². The summed E-state index contributed by atoms with van der Waals surface area (Å²) in [5.74, 6) is 1.47. The van der Waals surface area contributed by atoms with Gasteiger partial charge in [0, 0.05) is 37.7 Å². The summed E-state index contributed by atoms with van der Waals surface area (Å²) in [7, 11) is 0. The first-order valence-corrected chi connectivity index (χ1v) is 12.2. The highest BCUT2D eigenvalue weighted by Gasteiger charge is 2.29. The number of nitrogens with one attached hydrogen (secondary N) is 2. The predicted octanol–water partition coefficient (Wildman–Crippen LogP) is 4.94. The summed E-state index contributed by atoms with van der Waals surface area (Å²) in [5.41, 5.74) is 3.95. The normalized spacial score (nSPS) is 13.3. The van der Waals surface area contributed by atoms with Crippen molar-refractivity contribution in [3.05, 3.63) is 118 Å². The van der Waals surface area contributed by atoms with E-state index in [0.29, 0.717) is 50.8 Å². The van der Waals surface area contributed by atoms with Crippen LogP contribution in [-0.2, 0) is 26.2 Å². The average Bonchev–Trinajstić information content (AvgIpc) is 3.13. The second kappa shape index (κ2) is 10.8. The van der Waals surface area contributed by atoms with Crippen molar-refractivity contribution in [1.82, 2.24) is 19.8 Å². The molecule has 1 aromatic heterocycles. The molecule has 0 atom stereocenters. The molecule has 4 aromatic rings. The molecule has 7 heteroatoms. The molecular formula is C28H28ClN5O. The van der Waals surface area contributed by atoms with E-state index in [-0.39, 0.29) is 5.91 Å². The van der Waals surface area contributed by atoms with Gasteiger partial charge in [-0.1, -0.05) is 84.4 Å². The lowest BCUT2D eigenvalue weighted by atomic mass is 10.2. The molecule has 5 rings (SSSR count). The molecular weight excluding hydrogens is 458 g/mol. The third-order valence-electron chi connectivity index (χ3n) is 6.11. The van der Waals surface area contributed by atoms with Crippen LogP contribution >= 0.6 is 11.6 Å². The van der Waals surface area contributed by atoms with Gasteiger partial charge < -0.3 is 20.1 Å². The Balaban J connectivity index is 1.43. The van der Waals surface area contributed by atoms with Crippen molar-refractivity contribution < 1.29 is 4.79 Å². The van der Waals surface area contributed by atoms with E-state index in [0.717, 1.165) is 27.5 Å². The molecule has 0 saturated carbocycles. The molecule has 2 heterocycles. The average molecular weight is 486 g/mol. The molecule has 0 radical (unpaired) electrons. The number of carbonyl (C=O) groups is 1. The summed E-state index contributed by atoms with van der Waals surface area (Å²) in [6, 6.07) is 28.1. The van der Waals surface area contributed by atoms with Gasteiger partial charge in [0.15, 0.2) is 11.5 Å². The molecule has 6 nitrogen and oxygen atoms in total. The molecule has 1 amide bonds. The van der Waals surface area contributed by atoms with Gasteiger partial charge in [0.1, 0.15) is 5.82 Å². The van der Waals surface area contributed by atoms with Gasteiger partial charge >= 0.3 is 0 Å². The zero-order valence-electron chi connectivity index (χ0n) is 19.5. The number of hydrogen-bond acceptors (Lipinski definition) is 4. The van der Waals surface area contributed by atoms with Crippen LogP contribution < -0.4 is 10.6 Å². The van der Waals surface area contributed by atoms with Crippen molar-refractivity contribution in [2.75, 3.05) is 18.4 Å². The number of imidazole rings is 1. The van der Waals surface area contributed by atoms with Crippen molar-refractivity contribution in [1.29, 1.82) is 0 Å². The van der Waals surface area contributed by atoms with E-state index in [1.165, 1.54) is 0 Å². The number of benzene rings is 3. The smallest absolute Gasteiger partial charge is 0.274 e. The molecule has 0 unspecified atom stereocenters. The molecule has 0 aliphatic carbocycles. The quantitative estimate of drug-likeness (QED) is 0.371. The van der Waals surface area contributed by atoms with Gasteiger partial charge in [0.25, 0.3) is 5.91 Å². The third kappa shape index (κ3) is 5.56. The summed E-state index contributed by atoms with van der Waals surface area (Å²) in [4.78, 5) is 20.6. The molecule has 35 heavy (non-hydrogen) atoms. The number of hydrogen-bond donors (Lipinski definition) is 2. The predicted molar refractivity (Wildman–Crippen MR) is 139 cm³/mol. The van der Waals surface area contributed by atoms with Crippen molar-refractivity contribution in [3.63, 3.8) is 0 Å². The number of anilines is 1. The van der Waals surface area contributed by atoms with E-state index < -0.39 is 0 Å². The Kier molecular flexibility index (Phi) is 7.12. The van der Waals surface area contributed by atoms with Gasteiger partial charge in [0.05, 0.1) is 6.54 Å². The van der Waals surface area contributed by atoms with Crippen LogP contribution in [0, 0.1) is 0 Å². The number of nitrogens with zero attached hydrogens (tertiary/aromatic N) is 3. The first-order chi connectivity index (χ1) is 17.2. The van der Waals surface area contributed by atoms with E-state index in [9.17, 15) is 4.79 Å². The van der Waals surface area contributed by atoms with Crippen LogP contribution in [0.3, 0.4) is 0 Å². The lowest BCUT2D eigenvalue weighted by Crippen LogP contribution is -2.33. The van der Waals surface area contributed by atoms with E-state index in [4.69, 9.17) is 16.6 Å². The number of halogens is 1. The number of rotatable bonds is 8. The minimum atomic E-state index is -0.00150. The highest BCUT2D eigenvalue weighted by Crippen LogP contribution is 2.24. The molecule has 0 bridgehead atoms. The third-order valence-corrected chi connectivity index (χ3v) is 6.35. The minimum absolute atomic E-state index is 0.00150. The fourth-order valence-electron chi connectivity index (χ4n) is 4.39. The van der Waals surface area contributed by atoms with E-state index in [1.54, 1.807) is 0 Å². The highest BCUT2D eigenvalue weighted by molar-refractivity contribution is 6.30. The molecule has 178 valence electrons. The van der Waals surface area contributed by atoms with Gasteiger partial charge in [-0.3, -0.25) is 4.79 Å². The Hall–Kier alpha value is -3.61. The monoisotopic (exact) mass is 485 g/mol. The summed E-state index contributed by atoms with van der Waals surface area (Å²) in [5, 5.41) is 7.58. The largest absolute Gasteiger partial charge is 0.366 e. The number of aromatic nitrogens is 2. The van der Waals surface area contributed by atoms with Crippen LogP contribution in [0.5, 0.6) is 0 Å².